The average molecular weight is 527 g/mol. The summed E-state index contributed by atoms with van der Waals surface area (Å²) in [6, 6.07) is 6.85. The average Bonchev–Trinajstić information content (AvgIpc) is 3.53. The van der Waals surface area contributed by atoms with E-state index in [4.69, 9.17) is 9.90 Å². The van der Waals surface area contributed by atoms with Crippen molar-refractivity contribution in [1.29, 1.82) is 0 Å². The molecule has 2 aliphatic heterocycles. The standard InChI is InChI=1S/C20H24N4O4S3.CH2O2/c25-30(26)9-6-14(12-30)24-31(27,28)19-4-3-18(29-19)15-5-8-22-20-16(15)10-17(23-20)13-2-1-7-21-11-13;2-1-3/h3-5,8,10,13-14,21,24H,1-2,6-7,9,11-12H2,(H,22,23);1H,(H,2,3). The Kier molecular flexibility index (Phi) is 7.38. The molecule has 3 aromatic rings. The maximum absolute atomic E-state index is 12.8. The summed E-state index contributed by atoms with van der Waals surface area (Å²) in [4.78, 5) is 17.1. The maximum Gasteiger partial charge on any atom is 0.290 e. The Morgan fingerprint density at radius 2 is 2.03 bits per heavy atom. The molecule has 4 N–H and O–H groups in total. The van der Waals surface area contributed by atoms with Crippen molar-refractivity contribution >= 4 is 48.7 Å². The molecule has 0 aromatic carbocycles. The van der Waals surface area contributed by atoms with E-state index in [0.29, 0.717) is 12.3 Å². The van der Waals surface area contributed by atoms with Crippen molar-refractivity contribution in [2.75, 3.05) is 24.6 Å². The third-order valence-corrected chi connectivity index (χ3v) is 10.9. The van der Waals surface area contributed by atoms with Gasteiger partial charge in [0.05, 0.1) is 11.5 Å². The number of pyridine rings is 1. The van der Waals surface area contributed by atoms with E-state index in [1.165, 1.54) is 11.3 Å². The zero-order valence-corrected chi connectivity index (χ0v) is 20.7. The van der Waals surface area contributed by atoms with E-state index in [9.17, 15) is 16.8 Å². The van der Waals surface area contributed by atoms with Crippen LogP contribution in [0.5, 0.6) is 0 Å². The lowest BCUT2D eigenvalue weighted by Gasteiger charge is -2.21. The van der Waals surface area contributed by atoms with E-state index >= 15 is 0 Å². The van der Waals surface area contributed by atoms with Gasteiger partial charge in [0.25, 0.3) is 6.47 Å². The van der Waals surface area contributed by atoms with Crippen LogP contribution in [-0.2, 0) is 24.7 Å². The predicted molar refractivity (Wildman–Crippen MR) is 130 cm³/mol. The van der Waals surface area contributed by atoms with E-state index in [0.717, 1.165) is 53.1 Å². The lowest BCUT2D eigenvalue weighted by molar-refractivity contribution is -0.122. The highest BCUT2D eigenvalue weighted by atomic mass is 32.2. The SMILES string of the molecule is O=CO.O=S1(=O)CCC(NS(=O)(=O)c2ccc(-c3ccnc4[nH]c(C5CCCNC5)cc34)s2)C1. The first-order chi connectivity index (χ1) is 16.2. The number of H-pyrrole nitrogens is 1. The lowest BCUT2D eigenvalue weighted by Crippen LogP contribution is -2.35. The van der Waals surface area contributed by atoms with Crippen molar-refractivity contribution in [2.45, 2.75) is 35.4 Å². The molecule has 13 heteroatoms. The fourth-order valence-corrected chi connectivity index (χ4v) is 8.79. The van der Waals surface area contributed by atoms with E-state index in [2.05, 4.69) is 26.1 Å². The number of aromatic amines is 1. The zero-order valence-electron chi connectivity index (χ0n) is 18.2. The Morgan fingerprint density at radius 1 is 1.24 bits per heavy atom. The fourth-order valence-electron chi connectivity index (χ4n) is 4.37. The molecule has 0 amide bonds. The molecule has 184 valence electrons. The molecule has 3 aromatic heterocycles. The Labute approximate surface area is 201 Å². The maximum atomic E-state index is 12.8. The first-order valence-electron chi connectivity index (χ1n) is 10.8. The van der Waals surface area contributed by atoms with Crippen molar-refractivity contribution in [3.8, 4) is 10.4 Å². The number of rotatable bonds is 5. The highest BCUT2D eigenvalue weighted by molar-refractivity contribution is 7.92. The van der Waals surface area contributed by atoms with Gasteiger partial charge in [0.15, 0.2) is 9.84 Å². The summed E-state index contributed by atoms with van der Waals surface area (Å²) in [6.45, 7) is 1.74. The molecule has 0 aliphatic carbocycles. The van der Waals surface area contributed by atoms with Gasteiger partial charge in [0.1, 0.15) is 9.86 Å². The van der Waals surface area contributed by atoms with Gasteiger partial charge in [0, 0.05) is 46.2 Å². The summed E-state index contributed by atoms with van der Waals surface area (Å²) >= 11 is 1.18. The number of hydrogen-bond acceptors (Lipinski definition) is 8. The highest BCUT2D eigenvalue weighted by Gasteiger charge is 2.32. The minimum atomic E-state index is -3.77. The van der Waals surface area contributed by atoms with Crippen molar-refractivity contribution < 1.29 is 26.7 Å². The Balaban J connectivity index is 0.000000868. The summed E-state index contributed by atoms with van der Waals surface area (Å²) in [5.41, 5.74) is 2.88. The van der Waals surface area contributed by atoms with Crippen LogP contribution in [0, 0.1) is 0 Å². The van der Waals surface area contributed by atoms with E-state index in [-0.39, 0.29) is 22.2 Å². The van der Waals surface area contributed by atoms with Gasteiger partial charge in [-0.1, -0.05) is 0 Å². The largest absolute Gasteiger partial charge is 0.483 e. The summed E-state index contributed by atoms with van der Waals surface area (Å²) in [5, 5.41) is 11.3. The number of aromatic nitrogens is 2. The van der Waals surface area contributed by atoms with Crippen molar-refractivity contribution in [1.82, 2.24) is 20.0 Å². The number of fused-ring (bicyclic) bond motifs is 1. The van der Waals surface area contributed by atoms with Gasteiger partial charge in [-0.15, -0.1) is 11.3 Å². The van der Waals surface area contributed by atoms with Gasteiger partial charge in [-0.05, 0) is 50.1 Å². The normalized spacial score (nSPS) is 22.2. The second-order valence-electron chi connectivity index (χ2n) is 8.33. The smallest absolute Gasteiger partial charge is 0.290 e. The second kappa shape index (κ2) is 10.1. The van der Waals surface area contributed by atoms with Crippen LogP contribution in [0.3, 0.4) is 0 Å². The summed E-state index contributed by atoms with van der Waals surface area (Å²) in [7, 11) is -6.93. The molecular weight excluding hydrogens is 500 g/mol. The zero-order chi connectivity index (χ0) is 24.3. The summed E-state index contributed by atoms with van der Waals surface area (Å²) < 4.78 is 51.6. The minimum absolute atomic E-state index is 0.0250. The molecule has 2 saturated heterocycles. The number of carbonyl (C=O) groups is 1. The van der Waals surface area contributed by atoms with Crippen LogP contribution in [0.1, 0.15) is 30.9 Å². The molecule has 0 radical (unpaired) electrons. The molecular formula is C21H26N4O6S3. The predicted octanol–water partition coefficient (Wildman–Crippen LogP) is 1.92. The second-order valence-corrected chi connectivity index (χ2v) is 13.6. The molecule has 34 heavy (non-hydrogen) atoms. The molecule has 0 bridgehead atoms. The van der Waals surface area contributed by atoms with Crippen LogP contribution in [0.4, 0.5) is 0 Å². The number of nitrogens with zero attached hydrogens (tertiary/aromatic N) is 1. The highest BCUT2D eigenvalue weighted by Crippen LogP contribution is 2.36. The third-order valence-electron chi connectivity index (χ3n) is 5.96. The minimum Gasteiger partial charge on any atom is -0.483 e. The first kappa shape index (κ1) is 24.8. The number of piperidine rings is 1. The van der Waals surface area contributed by atoms with Crippen LogP contribution in [0.2, 0.25) is 0 Å². The van der Waals surface area contributed by atoms with Gasteiger partial charge >= 0.3 is 0 Å². The molecule has 5 rings (SSSR count). The number of nitrogens with one attached hydrogen (secondary N) is 3. The first-order valence-corrected chi connectivity index (χ1v) is 14.9. The molecule has 5 heterocycles. The monoisotopic (exact) mass is 526 g/mol. The van der Waals surface area contributed by atoms with Gasteiger partial charge in [-0.3, -0.25) is 4.79 Å². The van der Waals surface area contributed by atoms with Crippen LogP contribution in [-0.4, -0.2) is 69.0 Å². The van der Waals surface area contributed by atoms with Crippen LogP contribution in [0.25, 0.3) is 21.5 Å². The molecule has 0 spiro atoms. The topological polar surface area (TPSA) is 158 Å². The van der Waals surface area contributed by atoms with E-state index in [1.54, 1.807) is 18.3 Å². The fraction of sp³-hybridized carbons (Fsp3) is 0.429. The number of sulfonamides is 1. The van der Waals surface area contributed by atoms with Gasteiger partial charge < -0.3 is 15.4 Å². The van der Waals surface area contributed by atoms with Crippen LogP contribution in [0.15, 0.2) is 34.7 Å². The Bertz CT molecular complexity index is 1370. The number of thiophene rings is 1. The van der Waals surface area contributed by atoms with Crippen molar-refractivity contribution in [3.63, 3.8) is 0 Å². The molecule has 2 atom stereocenters. The van der Waals surface area contributed by atoms with E-state index in [1.807, 2.05) is 6.07 Å². The molecule has 2 unspecified atom stereocenters. The van der Waals surface area contributed by atoms with Gasteiger partial charge in [-0.2, -0.15) is 0 Å². The van der Waals surface area contributed by atoms with Crippen molar-refractivity contribution in [2.24, 2.45) is 0 Å². The van der Waals surface area contributed by atoms with Crippen LogP contribution >= 0.6 is 11.3 Å². The van der Waals surface area contributed by atoms with Gasteiger partial charge in [0.2, 0.25) is 10.0 Å². The Morgan fingerprint density at radius 3 is 2.71 bits per heavy atom. The quantitative estimate of drug-likeness (QED) is 0.367. The lowest BCUT2D eigenvalue weighted by atomic mass is 9.96. The van der Waals surface area contributed by atoms with Crippen LogP contribution < -0.4 is 10.0 Å². The number of hydrogen-bond donors (Lipinski definition) is 4. The summed E-state index contributed by atoms with van der Waals surface area (Å²) in [5.74, 6) is 0.302. The number of sulfone groups is 1. The number of carboxylic acid groups (broad SMARTS) is 1. The van der Waals surface area contributed by atoms with Crippen molar-refractivity contribution in [3.05, 3.63) is 36.2 Å². The Hall–Kier alpha value is -2.32. The molecule has 2 aliphatic rings. The summed E-state index contributed by atoms with van der Waals surface area (Å²) in [6.07, 6.45) is 4.31. The third kappa shape index (κ3) is 5.49. The molecule has 2 fully saturated rings. The molecule has 10 nitrogen and oxygen atoms in total. The molecule has 0 saturated carbocycles. The van der Waals surface area contributed by atoms with Gasteiger partial charge in [-0.25, -0.2) is 26.5 Å². The van der Waals surface area contributed by atoms with E-state index < -0.39 is 25.9 Å².